The van der Waals surface area contributed by atoms with E-state index in [4.69, 9.17) is 32.7 Å². The summed E-state index contributed by atoms with van der Waals surface area (Å²) in [7, 11) is 1.48. The first-order valence-electron chi connectivity index (χ1n) is 11.5. The Bertz CT molecular complexity index is 1400. The molecule has 0 bridgehead atoms. The molecule has 3 aromatic rings. The van der Waals surface area contributed by atoms with Gasteiger partial charge in [-0.2, -0.15) is 0 Å². The van der Waals surface area contributed by atoms with Crippen molar-refractivity contribution in [2.45, 2.75) is 23.8 Å². The van der Waals surface area contributed by atoms with Crippen molar-refractivity contribution in [3.63, 3.8) is 0 Å². The molecule has 1 saturated heterocycles. The topological polar surface area (TPSA) is 76.7 Å². The van der Waals surface area contributed by atoms with Crippen molar-refractivity contribution in [2.24, 2.45) is 0 Å². The second-order valence-electron chi connectivity index (χ2n) is 8.94. The quantitative estimate of drug-likeness (QED) is 0.398. The van der Waals surface area contributed by atoms with Gasteiger partial charge in [-0.25, -0.2) is 8.78 Å². The molecular weight excluding hydrogens is 525 g/mol. The van der Waals surface area contributed by atoms with Gasteiger partial charge in [0, 0.05) is 35.2 Å². The van der Waals surface area contributed by atoms with Crippen LogP contribution in [0.2, 0.25) is 10.0 Å². The number of ether oxygens (including phenoxy) is 2. The standard InChI is InChI=1S/C27H22Cl2F2N2O4/c1-36-9-10-37-21-8-7-19(30)24(31)23(21)25-27(17-6-5-16(29)12-20(17)32-26(27)35)18(13-22(34)33-25)14-3-2-4-15(28)11-14/h2-8,11-12,18,25H,9-10,13H2,1H3,(H,32,35)(H,33,34)/t18-,25+,27-/m1/s1. The van der Waals surface area contributed by atoms with E-state index in [0.717, 1.165) is 6.07 Å². The Morgan fingerprint density at radius 2 is 1.81 bits per heavy atom. The number of methoxy groups -OCH3 is 1. The largest absolute Gasteiger partial charge is 0.491 e. The average molecular weight is 547 g/mol. The van der Waals surface area contributed by atoms with Crippen LogP contribution < -0.4 is 15.4 Å². The van der Waals surface area contributed by atoms with Crippen LogP contribution in [0.5, 0.6) is 5.75 Å². The van der Waals surface area contributed by atoms with Crippen molar-refractivity contribution in [3.05, 3.63) is 93.0 Å². The first-order chi connectivity index (χ1) is 17.8. The average Bonchev–Trinajstić information content (AvgIpc) is 3.14. The van der Waals surface area contributed by atoms with E-state index in [1.165, 1.54) is 13.2 Å². The molecule has 3 atom stereocenters. The Labute approximate surface area is 221 Å². The molecule has 2 aliphatic rings. The SMILES string of the molecule is COCCOc1ccc(F)c(F)c1[C@@H]1NC(=O)C[C@H](c2cccc(Cl)c2)[C@@]12C(=O)Nc1cc(Cl)ccc12. The summed E-state index contributed by atoms with van der Waals surface area (Å²) in [6.07, 6.45) is -0.0941. The highest BCUT2D eigenvalue weighted by molar-refractivity contribution is 6.31. The molecule has 2 heterocycles. The van der Waals surface area contributed by atoms with Gasteiger partial charge in [0.25, 0.3) is 0 Å². The van der Waals surface area contributed by atoms with E-state index in [1.807, 2.05) is 0 Å². The fourth-order valence-corrected chi connectivity index (χ4v) is 5.80. The number of amides is 2. The maximum absolute atomic E-state index is 15.7. The second kappa shape index (κ2) is 9.93. The molecule has 2 aliphatic heterocycles. The zero-order valence-corrected chi connectivity index (χ0v) is 21.1. The molecule has 1 spiro atoms. The zero-order chi connectivity index (χ0) is 26.3. The van der Waals surface area contributed by atoms with Crippen LogP contribution in [-0.4, -0.2) is 32.1 Å². The fraction of sp³-hybridized carbons (Fsp3) is 0.259. The summed E-state index contributed by atoms with van der Waals surface area (Å²) >= 11 is 12.5. The number of rotatable bonds is 6. The van der Waals surface area contributed by atoms with Gasteiger partial charge >= 0.3 is 0 Å². The summed E-state index contributed by atoms with van der Waals surface area (Å²) in [6.45, 7) is 0.228. The van der Waals surface area contributed by atoms with Crippen LogP contribution in [-0.2, 0) is 19.7 Å². The minimum atomic E-state index is -1.58. The number of hydrogen-bond donors (Lipinski definition) is 2. The molecule has 0 aliphatic carbocycles. The minimum absolute atomic E-state index is 0.0115. The Balaban J connectivity index is 1.80. The number of halogens is 4. The lowest BCUT2D eigenvalue weighted by Crippen LogP contribution is -2.57. The maximum atomic E-state index is 15.7. The highest BCUT2D eigenvalue weighted by Crippen LogP contribution is 2.59. The van der Waals surface area contributed by atoms with E-state index in [2.05, 4.69) is 10.6 Å². The number of carbonyl (C=O) groups excluding carboxylic acids is 2. The van der Waals surface area contributed by atoms with Crippen molar-refractivity contribution in [1.29, 1.82) is 0 Å². The van der Waals surface area contributed by atoms with Crippen LogP contribution in [0.3, 0.4) is 0 Å². The number of piperidine rings is 1. The molecule has 0 aromatic heterocycles. The highest BCUT2D eigenvalue weighted by Gasteiger charge is 2.62. The maximum Gasteiger partial charge on any atom is 0.238 e. The van der Waals surface area contributed by atoms with Crippen LogP contribution in [0.1, 0.15) is 35.1 Å². The molecule has 1 fully saturated rings. The summed E-state index contributed by atoms with van der Waals surface area (Å²) in [5.41, 5.74) is -0.335. The van der Waals surface area contributed by atoms with Crippen molar-refractivity contribution in [3.8, 4) is 5.75 Å². The Kier molecular flexibility index (Phi) is 6.83. The van der Waals surface area contributed by atoms with Crippen LogP contribution in [0.15, 0.2) is 54.6 Å². The summed E-state index contributed by atoms with van der Waals surface area (Å²) in [6, 6.07) is 12.6. The van der Waals surface area contributed by atoms with Gasteiger partial charge in [0.05, 0.1) is 18.2 Å². The molecule has 10 heteroatoms. The van der Waals surface area contributed by atoms with Gasteiger partial charge in [-0.05, 0) is 47.5 Å². The number of carbonyl (C=O) groups is 2. The monoisotopic (exact) mass is 546 g/mol. The summed E-state index contributed by atoms with van der Waals surface area (Å²) in [5, 5.41) is 6.42. The fourth-order valence-electron chi connectivity index (χ4n) is 5.42. The number of fused-ring (bicyclic) bond motifs is 2. The summed E-state index contributed by atoms with van der Waals surface area (Å²) in [4.78, 5) is 27.2. The van der Waals surface area contributed by atoms with Crippen LogP contribution >= 0.6 is 23.2 Å². The van der Waals surface area contributed by atoms with Gasteiger partial charge in [-0.3, -0.25) is 9.59 Å². The first kappa shape index (κ1) is 25.4. The molecule has 0 saturated carbocycles. The number of hydrogen-bond acceptors (Lipinski definition) is 4. The van der Waals surface area contributed by atoms with Gasteiger partial charge in [-0.15, -0.1) is 0 Å². The smallest absolute Gasteiger partial charge is 0.238 e. The third-order valence-electron chi connectivity index (χ3n) is 6.93. The van der Waals surface area contributed by atoms with Gasteiger partial charge in [0.1, 0.15) is 17.8 Å². The molecule has 192 valence electrons. The Morgan fingerprint density at radius 1 is 1.03 bits per heavy atom. The Hall–Kier alpha value is -3.20. The normalized spacial score (nSPS) is 22.5. The molecule has 0 radical (unpaired) electrons. The van der Waals surface area contributed by atoms with E-state index in [1.54, 1.807) is 42.5 Å². The van der Waals surface area contributed by atoms with Crippen molar-refractivity contribution in [1.82, 2.24) is 5.32 Å². The number of anilines is 1. The molecular formula is C27H22Cl2F2N2O4. The molecule has 2 amide bonds. The van der Waals surface area contributed by atoms with Crippen molar-refractivity contribution >= 4 is 40.7 Å². The number of benzene rings is 3. The van der Waals surface area contributed by atoms with Gasteiger partial charge < -0.3 is 20.1 Å². The third kappa shape index (κ3) is 4.23. The molecule has 5 rings (SSSR count). The van der Waals surface area contributed by atoms with Crippen LogP contribution in [0, 0.1) is 11.6 Å². The lowest BCUT2D eigenvalue weighted by molar-refractivity contribution is -0.131. The Morgan fingerprint density at radius 3 is 2.57 bits per heavy atom. The zero-order valence-electron chi connectivity index (χ0n) is 19.6. The van der Waals surface area contributed by atoms with Crippen molar-refractivity contribution < 1.29 is 27.8 Å². The molecule has 0 unspecified atom stereocenters. The molecule has 3 aromatic carbocycles. The second-order valence-corrected chi connectivity index (χ2v) is 9.81. The lowest BCUT2D eigenvalue weighted by atomic mass is 9.59. The predicted octanol–water partition coefficient (Wildman–Crippen LogP) is 5.53. The summed E-state index contributed by atoms with van der Waals surface area (Å²) in [5.74, 6) is -4.09. The van der Waals surface area contributed by atoms with Crippen LogP contribution in [0.4, 0.5) is 14.5 Å². The van der Waals surface area contributed by atoms with E-state index < -0.39 is 40.8 Å². The molecule has 6 nitrogen and oxygen atoms in total. The van der Waals surface area contributed by atoms with Crippen molar-refractivity contribution in [2.75, 3.05) is 25.6 Å². The van der Waals surface area contributed by atoms with Gasteiger partial charge in [-0.1, -0.05) is 41.4 Å². The van der Waals surface area contributed by atoms with E-state index in [9.17, 15) is 14.0 Å². The summed E-state index contributed by atoms with van der Waals surface area (Å²) < 4.78 is 41.1. The first-order valence-corrected chi connectivity index (χ1v) is 12.3. The van der Waals surface area contributed by atoms with E-state index >= 15 is 4.39 Å². The molecule has 2 N–H and O–H groups in total. The third-order valence-corrected chi connectivity index (χ3v) is 7.40. The minimum Gasteiger partial charge on any atom is -0.491 e. The lowest BCUT2D eigenvalue weighted by Gasteiger charge is -2.46. The van der Waals surface area contributed by atoms with Crippen LogP contribution in [0.25, 0.3) is 0 Å². The predicted molar refractivity (Wildman–Crippen MR) is 135 cm³/mol. The van der Waals surface area contributed by atoms with E-state index in [-0.39, 0.29) is 30.9 Å². The van der Waals surface area contributed by atoms with Gasteiger partial charge in [0.15, 0.2) is 11.6 Å². The number of nitrogens with one attached hydrogen (secondary N) is 2. The highest BCUT2D eigenvalue weighted by atomic mass is 35.5. The van der Waals surface area contributed by atoms with E-state index in [0.29, 0.717) is 26.9 Å². The van der Waals surface area contributed by atoms with Gasteiger partial charge in [0.2, 0.25) is 11.8 Å². The molecule has 37 heavy (non-hydrogen) atoms.